The maximum absolute atomic E-state index is 12.6. The van der Waals surface area contributed by atoms with E-state index in [0.29, 0.717) is 24.5 Å². The molecule has 0 unspecified atom stereocenters. The molecule has 1 aliphatic rings. The van der Waals surface area contributed by atoms with Gasteiger partial charge in [0.05, 0.1) is 0 Å². The van der Waals surface area contributed by atoms with Crippen molar-refractivity contribution in [2.75, 3.05) is 19.6 Å². The molecule has 0 radical (unpaired) electrons. The first-order chi connectivity index (χ1) is 9.59. The second kappa shape index (κ2) is 6.74. The summed E-state index contributed by atoms with van der Waals surface area (Å²) in [6.45, 7) is 7.92. The fourth-order valence-corrected chi connectivity index (χ4v) is 4.18. The third kappa shape index (κ3) is 3.24. The summed E-state index contributed by atoms with van der Waals surface area (Å²) < 4.78 is 28.8. The van der Waals surface area contributed by atoms with Crippen molar-refractivity contribution in [3.63, 3.8) is 0 Å². The molecule has 6 heteroatoms. The van der Waals surface area contributed by atoms with Gasteiger partial charge in [0.25, 0.3) is 0 Å². The fraction of sp³-hybridized carbons (Fsp3) is 0.714. The highest BCUT2D eigenvalue weighted by Crippen LogP contribution is 2.23. The van der Waals surface area contributed by atoms with Gasteiger partial charge in [-0.3, -0.25) is 0 Å². The zero-order valence-electron chi connectivity index (χ0n) is 12.4. The Hall–Kier alpha value is -0.850. The lowest BCUT2D eigenvalue weighted by Gasteiger charge is -2.13. The SMILES string of the molecule is CCCn1cc(S(=O)(=O)N2CCCC2)cc1CNCC. The molecule has 0 amide bonds. The lowest BCUT2D eigenvalue weighted by Crippen LogP contribution is -2.27. The summed E-state index contributed by atoms with van der Waals surface area (Å²) in [4.78, 5) is 0.445. The van der Waals surface area contributed by atoms with E-state index >= 15 is 0 Å². The largest absolute Gasteiger partial charge is 0.349 e. The predicted molar refractivity (Wildman–Crippen MR) is 80.1 cm³/mol. The molecule has 0 saturated carbocycles. The molecule has 20 heavy (non-hydrogen) atoms. The van der Waals surface area contributed by atoms with E-state index in [2.05, 4.69) is 23.7 Å². The number of sulfonamides is 1. The number of rotatable bonds is 7. The summed E-state index contributed by atoms with van der Waals surface area (Å²) >= 11 is 0. The van der Waals surface area contributed by atoms with E-state index in [9.17, 15) is 8.42 Å². The van der Waals surface area contributed by atoms with E-state index in [1.807, 2.05) is 6.07 Å². The molecule has 1 saturated heterocycles. The normalized spacial score (nSPS) is 16.9. The lowest BCUT2D eigenvalue weighted by molar-refractivity contribution is 0.477. The fourth-order valence-electron chi connectivity index (χ4n) is 2.59. The van der Waals surface area contributed by atoms with Crippen LogP contribution in [0.3, 0.4) is 0 Å². The van der Waals surface area contributed by atoms with Crippen LogP contribution in [0.2, 0.25) is 0 Å². The van der Waals surface area contributed by atoms with E-state index in [0.717, 1.165) is 38.0 Å². The molecule has 1 fully saturated rings. The maximum atomic E-state index is 12.6. The number of aryl methyl sites for hydroxylation is 1. The van der Waals surface area contributed by atoms with Crippen LogP contribution in [0.5, 0.6) is 0 Å². The van der Waals surface area contributed by atoms with Crippen LogP contribution in [-0.2, 0) is 23.1 Å². The van der Waals surface area contributed by atoms with Gasteiger partial charge in [-0.05, 0) is 31.9 Å². The van der Waals surface area contributed by atoms with E-state index in [1.165, 1.54) is 0 Å². The van der Waals surface area contributed by atoms with Gasteiger partial charge < -0.3 is 9.88 Å². The maximum Gasteiger partial charge on any atom is 0.244 e. The number of aromatic nitrogens is 1. The van der Waals surface area contributed by atoms with Gasteiger partial charge in [0, 0.05) is 38.1 Å². The van der Waals surface area contributed by atoms with Gasteiger partial charge in [0.2, 0.25) is 10.0 Å². The quantitative estimate of drug-likeness (QED) is 0.835. The van der Waals surface area contributed by atoms with Gasteiger partial charge in [0.15, 0.2) is 0 Å². The zero-order chi connectivity index (χ0) is 14.6. The van der Waals surface area contributed by atoms with Gasteiger partial charge in [-0.15, -0.1) is 0 Å². The van der Waals surface area contributed by atoms with Crippen molar-refractivity contribution in [3.8, 4) is 0 Å². The molecule has 1 N–H and O–H groups in total. The highest BCUT2D eigenvalue weighted by Gasteiger charge is 2.28. The van der Waals surface area contributed by atoms with Crippen molar-refractivity contribution in [2.45, 2.75) is 51.1 Å². The minimum atomic E-state index is -3.30. The van der Waals surface area contributed by atoms with Crippen molar-refractivity contribution < 1.29 is 8.42 Å². The van der Waals surface area contributed by atoms with Crippen molar-refractivity contribution in [3.05, 3.63) is 18.0 Å². The van der Waals surface area contributed by atoms with Crippen LogP contribution in [0.1, 0.15) is 38.8 Å². The smallest absolute Gasteiger partial charge is 0.244 e. The number of nitrogens with one attached hydrogen (secondary N) is 1. The first-order valence-electron chi connectivity index (χ1n) is 7.49. The third-order valence-corrected chi connectivity index (χ3v) is 5.55. The summed E-state index contributed by atoms with van der Waals surface area (Å²) in [5.41, 5.74) is 1.05. The molecule has 0 atom stereocenters. The van der Waals surface area contributed by atoms with Crippen molar-refractivity contribution in [1.29, 1.82) is 0 Å². The summed E-state index contributed by atoms with van der Waals surface area (Å²) in [5, 5.41) is 3.27. The molecule has 1 aromatic rings. The second-order valence-corrected chi connectivity index (χ2v) is 7.19. The molecule has 0 aliphatic carbocycles. The van der Waals surface area contributed by atoms with Gasteiger partial charge in [-0.25, -0.2) is 8.42 Å². The number of hydrogen-bond donors (Lipinski definition) is 1. The lowest BCUT2D eigenvalue weighted by atomic mass is 10.4. The summed E-state index contributed by atoms with van der Waals surface area (Å²) in [7, 11) is -3.30. The van der Waals surface area contributed by atoms with E-state index in [1.54, 1.807) is 10.5 Å². The van der Waals surface area contributed by atoms with Crippen molar-refractivity contribution in [2.24, 2.45) is 0 Å². The molecule has 0 bridgehead atoms. The molecule has 5 nitrogen and oxygen atoms in total. The third-order valence-electron chi connectivity index (χ3n) is 3.68. The molecular weight excluding hydrogens is 274 g/mol. The van der Waals surface area contributed by atoms with E-state index < -0.39 is 10.0 Å². The Morgan fingerprint density at radius 3 is 2.55 bits per heavy atom. The minimum Gasteiger partial charge on any atom is -0.349 e. The Balaban J connectivity index is 2.26. The van der Waals surface area contributed by atoms with Crippen LogP contribution in [0.25, 0.3) is 0 Å². The number of hydrogen-bond acceptors (Lipinski definition) is 3. The van der Waals surface area contributed by atoms with Crippen LogP contribution in [0, 0.1) is 0 Å². The van der Waals surface area contributed by atoms with Crippen molar-refractivity contribution >= 4 is 10.0 Å². The van der Waals surface area contributed by atoms with Crippen molar-refractivity contribution in [1.82, 2.24) is 14.2 Å². The summed E-state index contributed by atoms with van der Waals surface area (Å²) in [6.07, 6.45) is 4.74. The number of nitrogens with zero attached hydrogens (tertiary/aromatic N) is 2. The van der Waals surface area contributed by atoms with Crippen LogP contribution in [-0.4, -0.2) is 36.9 Å². The second-order valence-electron chi connectivity index (χ2n) is 5.25. The van der Waals surface area contributed by atoms with Gasteiger partial charge >= 0.3 is 0 Å². The molecule has 1 aromatic heterocycles. The summed E-state index contributed by atoms with van der Waals surface area (Å²) in [5.74, 6) is 0. The molecular formula is C14H25N3O2S. The Kier molecular flexibility index (Phi) is 5.23. The van der Waals surface area contributed by atoms with Crippen LogP contribution in [0.4, 0.5) is 0 Å². The Labute approximate surface area is 122 Å². The molecule has 2 rings (SSSR count). The average molecular weight is 299 g/mol. The molecule has 0 aromatic carbocycles. The first kappa shape index (κ1) is 15.5. The van der Waals surface area contributed by atoms with Crippen LogP contribution >= 0.6 is 0 Å². The standard InChI is InChI=1S/C14H25N3O2S/c1-3-7-16-12-14(10-13(16)11-15-4-2)20(18,19)17-8-5-6-9-17/h10,12,15H,3-9,11H2,1-2H3. The Morgan fingerprint density at radius 2 is 1.95 bits per heavy atom. The summed E-state index contributed by atoms with van der Waals surface area (Å²) in [6, 6.07) is 1.83. The predicted octanol–water partition coefficient (Wildman–Crippen LogP) is 1.79. The van der Waals surface area contributed by atoms with E-state index in [-0.39, 0.29) is 0 Å². The monoisotopic (exact) mass is 299 g/mol. The Morgan fingerprint density at radius 1 is 1.25 bits per heavy atom. The minimum absolute atomic E-state index is 0.445. The molecule has 2 heterocycles. The molecule has 0 spiro atoms. The molecule has 114 valence electrons. The van der Waals surface area contributed by atoms with Crippen LogP contribution in [0.15, 0.2) is 17.2 Å². The highest BCUT2D eigenvalue weighted by molar-refractivity contribution is 7.89. The average Bonchev–Trinajstić information content (AvgIpc) is 3.07. The Bertz CT molecular complexity index is 531. The van der Waals surface area contributed by atoms with Gasteiger partial charge in [0.1, 0.15) is 4.90 Å². The molecule has 1 aliphatic heterocycles. The highest BCUT2D eigenvalue weighted by atomic mass is 32.2. The van der Waals surface area contributed by atoms with Crippen LogP contribution < -0.4 is 5.32 Å². The van der Waals surface area contributed by atoms with Gasteiger partial charge in [-0.1, -0.05) is 13.8 Å². The first-order valence-corrected chi connectivity index (χ1v) is 8.93. The zero-order valence-corrected chi connectivity index (χ0v) is 13.2. The van der Waals surface area contributed by atoms with E-state index in [4.69, 9.17) is 0 Å². The topological polar surface area (TPSA) is 54.3 Å². The van der Waals surface area contributed by atoms with Gasteiger partial charge in [-0.2, -0.15) is 4.31 Å².